The predicted molar refractivity (Wildman–Crippen MR) is 96.8 cm³/mol. The van der Waals surface area contributed by atoms with Crippen LogP contribution in [0, 0.1) is 5.82 Å². The van der Waals surface area contributed by atoms with E-state index in [0.717, 1.165) is 0 Å². The maximum absolute atomic E-state index is 13.4. The minimum Gasteiger partial charge on any atom is -0.497 e. The fourth-order valence-electron chi connectivity index (χ4n) is 2.01. The second-order valence-electron chi connectivity index (χ2n) is 5.24. The van der Waals surface area contributed by atoms with Gasteiger partial charge in [0.25, 0.3) is 11.8 Å². The van der Waals surface area contributed by atoms with Crippen molar-refractivity contribution in [2.24, 2.45) is 0 Å². The summed E-state index contributed by atoms with van der Waals surface area (Å²) in [6.45, 7) is -0.446. The van der Waals surface area contributed by atoms with Gasteiger partial charge in [-0.15, -0.1) is 0 Å². The van der Waals surface area contributed by atoms with Gasteiger partial charge in [-0.05, 0) is 35.9 Å². The molecule has 142 valence electrons. The van der Waals surface area contributed by atoms with Crippen molar-refractivity contribution in [3.05, 3.63) is 59.9 Å². The molecule has 2 rings (SSSR count). The number of hydrogen-bond donors (Lipinski definition) is 2. The van der Waals surface area contributed by atoms with Crippen LogP contribution in [0.25, 0.3) is 6.08 Å². The molecule has 8 heteroatoms. The molecule has 0 aromatic heterocycles. The molecule has 0 aliphatic rings. The molecule has 2 N–H and O–H groups in total. The molecular weight excluding hydrogens is 355 g/mol. The maximum Gasteiger partial charge on any atom is 0.276 e. The standard InChI is InChI=1S/C19H19FN2O5/c1-25-14-9-13(10-15(11-14)26-2)7-8-18(23)21-22-19(24)12-27-17-6-4-3-5-16(17)20/h3-11H,12H2,1-2H3,(H,21,23)(H,22,24)/b8-7+. The van der Waals surface area contributed by atoms with Gasteiger partial charge in [-0.3, -0.25) is 20.4 Å². The van der Waals surface area contributed by atoms with Crippen molar-refractivity contribution in [1.29, 1.82) is 0 Å². The fourth-order valence-corrected chi connectivity index (χ4v) is 2.01. The molecule has 2 aromatic carbocycles. The van der Waals surface area contributed by atoms with Crippen molar-refractivity contribution in [1.82, 2.24) is 10.9 Å². The molecule has 0 fully saturated rings. The minimum absolute atomic E-state index is 0.0501. The molecule has 0 radical (unpaired) electrons. The van der Waals surface area contributed by atoms with E-state index in [1.54, 1.807) is 24.3 Å². The van der Waals surface area contributed by atoms with Gasteiger partial charge in [-0.1, -0.05) is 12.1 Å². The minimum atomic E-state index is -0.636. The lowest BCUT2D eigenvalue weighted by Gasteiger charge is -2.08. The number of halogens is 1. The molecule has 2 aromatic rings. The Kier molecular flexibility index (Phi) is 7.18. The van der Waals surface area contributed by atoms with Gasteiger partial charge >= 0.3 is 0 Å². The first kappa shape index (κ1) is 19.8. The summed E-state index contributed by atoms with van der Waals surface area (Å²) in [5.74, 6) is -0.670. The van der Waals surface area contributed by atoms with Crippen molar-refractivity contribution in [2.75, 3.05) is 20.8 Å². The molecule has 2 amide bonds. The highest BCUT2D eigenvalue weighted by atomic mass is 19.1. The van der Waals surface area contributed by atoms with E-state index in [9.17, 15) is 14.0 Å². The zero-order chi connectivity index (χ0) is 19.6. The summed E-state index contributed by atoms with van der Waals surface area (Å²) in [6, 6.07) is 10.8. The molecular formula is C19H19FN2O5. The molecule has 7 nitrogen and oxygen atoms in total. The first-order chi connectivity index (χ1) is 13.0. The summed E-state index contributed by atoms with van der Waals surface area (Å²) in [7, 11) is 3.04. The molecule has 0 atom stereocenters. The van der Waals surface area contributed by atoms with E-state index in [2.05, 4.69) is 10.9 Å². The van der Waals surface area contributed by atoms with Crippen LogP contribution in [0.15, 0.2) is 48.5 Å². The molecule has 0 spiro atoms. The van der Waals surface area contributed by atoms with E-state index >= 15 is 0 Å². The number of rotatable bonds is 7. The van der Waals surface area contributed by atoms with Crippen LogP contribution in [-0.4, -0.2) is 32.6 Å². The first-order valence-corrected chi connectivity index (χ1v) is 7.89. The van der Waals surface area contributed by atoms with Crippen LogP contribution in [0.3, 0.4) is 0 Å². The van der Waals surface area contributed by atoms with E-state index in [-0.39, 0.29) is 5.75 Å². The Hall–Kier alpha value is -3.55. The highest BCUT2D eigenvalue weighted by Crippen LogP contribution is 2.23. The number of carbonyl (C=O) groups excluding carboxylic acids is 2. The Morgan fingerprint density at radius 1 is 1.04 bits per heavy atom. The Morgan fingerprint density at radius 2 is 1.70 bits per heavy atom. The van der Waals surface area contributed by atoms with Crippen LogP contribution < -0.4 is 25.1 Å². The third kappa shape index (κ3) is 6.35. The monoisotopic (exact) mass is 374 g/mol. The third-order valence-corrected chi connectivity index (χ3v) is 3.32. The number of amides is 2. The first-order valence-electron chi connectivity index (χ1n) is 7.89. The largest absolute Gasteiger partial charge is 0.497 e. The summed E-state index contributed by atoms with van der Waals surface area (Å²) in [5.41, 5.74) is 5.04. The third-order valence-electron chi connectivity index (χ3n) is 3.32. The van der Waals surface area contributed by atoms with Crippen LogP contribution in [0.1, 0.15) is 5.56 Å². The van der Waals surface area contributed by atoms with E-state index in [4.69, 9.17) is 14.2 Å². The highest BCUT2D eigenvalue weighted by Gasteiger charge is 2.07. The second-order valence-corrected chi connectivity index (χ2v) is 5.24. The van der Waals surface area contributed by atoms with Crippen LogP contribution in [0.2, 0.25) is 0 Å². The van der Waals surface area contributed by atoms with Gasteiger partial charge < -0.3 is 14.2 Å². The summed E-state index contributed by atoms with van der Waals surface area (Å²) in [5, 5.41) is 0. The molecule has 0 saturated heterocycles. The second kappa shape index (κ2) is 9.81. The summed E-state index contributed by atoms with van der Waals surface area (Å²) >= 11 is 0. The van der Waals surface area contributed by atoms with Gasteiger partial charge in [0, 0.05) is 12.1 Å². The highest BCUT2D eigenvalue weighted by molar-refractivity contribution is 5.93. The number of hydrogen-bond acceptors (Lipinski definition) is 5. The lowest BCUT2D eigenvalue weighted by Crippen LogP contribution is -2.43. The van der Waals surface area contributed by atoms with Crippen LogP contribution in [0.5, 0.6) is 17.2 Å². The van der Waals surface area contributed by atoms with E-state index in [0.29, 0.717) is 17.1 Å². The molecule has 27 heavy (non-hydrogen) atoms. The molecule has 0 unspecified atom stereocenters. The molecule has 0 bridgehead atoms. The lowest BCUT2D eigenvalue weighted by molar-refractivity contribution is -0.128. The molecule has 0 aliphatic heterocycles. The maximum atomic E-state index is 13.4. The van der Waals surface area contributed by atoms with Gasteiger partial charge in [0.2, 0.25) is 0 Å². The average molecular weight is 374 g/mol. The van der Waals surface area contributed by atoms with E-state index in [1.165, 1.54) is 44.6 Å². The zero-order valence-electron chi connectivity index (χ0n) is 14.8. The fraction of sp³-hybridized carbons (Fsp3) is 0.158. The number of methoxy groups -OCH3 is 2. The summed E-state index contributed by atoms with van der Waals surface area (Å²) in [4.78, 5) is 23.4. The number of ether oxygens (including phenoxy) is 3. The van der Waals surface area contributed by atoms with Crippen molar-refractivity contribution in [3.63, 3.8) is 0 Å². The summed E-state index contributed by atoms with van der Waals surface area (Å²) < 4.78 is 28.7. The number of carbonyl (C=O) groups is 2. The summed E-state index contributed by atoms with van der Waals surface area (Å²) in [6.07, 6.45) is 2.76. The van der Waals surface area contributed by atoms with Gasteiger partial charge in [0.05, 0.1) is 14.2 Å². The quantitative estimate of drug-likeness (QED) is 0.573. The lowest BCUT2D eigenvalue weighted by atomic mass is 10.2. The normalized spacial score (nSPS) is 10.3. The van der Waals surface area contributed by atoms with E-state index in [1.807, 2.05) is 0 Å². The van der Waals surface area contributed by atoms with Crippen molar-refractivity contribution in [3.8, 4) is 17.2 Å². The van der Waals surface area contributed by atoms with Gasteiger partial charge in [0.15, 0.2) is 18.2 Å². The Morgan fingerprint density at radius 3 is 2.33 bits per heavy atom. The topological polar surface area (TPSA) is 85.9 Å². The molecule has 0 aliphatic carbocycles. The van der Waals surface area contributed by atoms with Gasteiger partial charge in [0.1, 0.15) is 11.5 Å². The Bertz CT molecular complexity index is 816. The smallest absolute Gasteiger partial charge is 0.276 e. The Balaban J connectivity index is 1.82. The van der Waals surface area contributed by atoms with Gasteiger partial charge in [-0.2, -0.15) is 0 Å². The Labute approximate surface area is 155 Å². The van der Waals surface area contributed by atoms with Crippen LogP contribution in [-0.2, 0) is 9.59 Å². The van der Waals surface area contributed by atoms with Crippen molar-refractivity contribution < 1.29 is 28.2 Å². The number of benzene rings is 2. The van der Waals surface area contributed by atoms with Crippen molar-refractivity contribution in [2.45, 2.75) is 0 Å². The number of hydrazine groups is 1. The van der Waals surface area contributed by atoms with Crippen LogP contribution in [0.4, 0.5) is 4.39 Å². The molecule has 0 heterocycles. The SMILES string of the molecule is COc1cc(/C=C/C(=O)NNC(=O)COc2ccccc2F)cc(OC)c1. The number of para-hydroxylation sites is 1. The number of nitrogens with one attached hydrogen (secondary N) is 2. The van der Waals surface area contributed by atoms with E-state index < -0.39 is 24.2 Å². The van der Waals surface area contributed by atoms with Crippen LogP contribution >= 0.6 is 0 Å². The van der Waals surface area contributed by atoms with Gasteiger partial charge in [-0.25, -0.2) is 4.39 Å². The molecule has 0 saturated carbocycles. The predicted octanol–water partition coefficient (Wildman–Crippen LogP) is 2.08. The zero-order valence-corrected chi connectivity index (χ0v) is 14.8. The van der Waals surface area contributed by atoms with Crippen molar-refractivity contribution >= 4 is 17.9 Å². The average Bonchev–Trinajstić information content (AvgIpc) is 2.69.